The highest BCUT2D eigenvalue weighted by Crippen LogP contribution is 2.27. The lowest BCUT2D eigenvalue weighted by Crippen LogP contribution is -2.02. The van der Waals surface area contributed by atoms with Crippen LogP contribution in [-0.2, 0) is 6.42 Å². The van der Waals surface area contributed by atoms with Crippen LogP contribution in [0.25, 0.3) is 11.0 Å². The first-order valence-corrected chi connectivity index (χ1v) is 6.82. The molecule has 19 heavy (non-hydrogen) atoms. The van der Waals surface area contributed by atoms with Crippen molar-refractivity contribution < 1.29 is 13.6 Å². The van der Waals surface area contributed by atoms with Crippen LogP contribution in [0.5, 0.6) is 0 Å². The summed E-state index contributed by atoms with van der Waals surface area (Å²) in [7, 11) is 0. The molecule has 0 amide bonds. The molecular formula is C15H11FO2S. The fourth-order valence-electron chi connectivity index (χ4n) is 2.12. The zero-order valence-electron chi connectivity index (χ0n) is 10.3. The van der Waals surface area contributed by atoms with Crippen molar-refractivity contribution in [2.75, 3.05) is 0 Å². The lowest BCUT2D eigenvalue weighted by molar-refractivity contribution is 0.0968. The fourth-order valence-corrected chi connectivity index (χ4v) is 2.79. The van der Waals surface area contributed by atoms with E-state index < -0.39 is 0 Å². The third kappa shape index (κ3) is 2.19. The quantitative estimate of drug-likeness (QED) is 0.664. The van der Waals surface area contributed by atoms with Crippen molar-refractivity contribution in [2.24, 2.45) is 0 Å². The Morgan fingerprint density at radius 3 is 2.95 bits per heavy atom. The van der Waals surface area contributed by atoms with E-state index in [4.69, 9.17) is 4.42 Å². The highest BCUT2D eigenvalue weighted by atomic mass is 32.1. The number of hydrogen-bond donors (Lipinski definition) is 0. The first kappa shape index (κ1) is 12.1. The monoisotopic (exact) mass is 274 g/mol. The molecule has 96 valence electrons. The van der Waals surface area contributed by atoms with Crippen molar-refractivity contribution in [3.63, 3.8) is 0 Å². The molecule has 0 aliphatic heterocycles. The van der Waals surface area contributed by atoms with Crippen LogP contribution in [-0.4, -0.2) is 5.78 Å². The number of hydrogen-bond acceptors (Lipinski definition) is 3. The lowest BCUT2D eigenvalue weighted by atomic mass is 10.1. The van der Waals surface area contributed by atoms with Crippen LogP contribution in [0.15, 0.2) is 39.4 Å². The summed E-state index contributed by atoms with van der Waals surface area (Å²) in [6.07, 6.45) is 0.312. The van der Waals surface area contributed by atoms with Gasteiger partial charge in [0.2, 0.25) is 5.78 Å². The molecule has 0 saturated heterocycles. The molecule has 3 rings (SSSR count). The number of thiophene rings is 1. The lowest BCUT2D eigenvalue weighted by Gasteiger charge is -1.96. The summed E-state index contributed by atoms with van der Waals surface area (Å²) < 4.78 is 18.8. The molecule has 2 heterocycles. The first-order valence-electron chi connectivity index (χ1n) is 5.88. The molecule has 0 unspecified atom stereocenters. The predicted molar refractivity (Wildman–Crippen MR) is 73.3 cm³/mol. The van der Waals surface area contributed by atoms with E-state index in [-0.39, 0.29) is 11.6 Å². The topological polar surface area (TPSA) is 30.2 Å². The Morgan fingerprint density at radius 1 is 1.37 bits per heavy atom. The number of ketones is 1. The molecule has 0 N–H and O–H groups in total. The Bertz CT molecular complexity index is 741. The number of carbonyl (C=O) groups excluding carboxylic acids is 1. The maximum Gasteiger partial charge on any atom is 0.202 e. The molecule has 0 saturated carbocycles. The molecule has 0 aliphatic carbocycles. The summed E-state index contributed by atoms with van der Waals surface area (Å²) in [6, 6.07) is 6.20. The minimum Gasteiger partial charge on any atom is -0.453 e. The summed E-state index contributed by atoms with van der Waals surface area (Å²) >= 11 is 1.56. The summed E-state index contributed by atoms with van der Waals surface area (Å²) in [5.74, 6) is -0.0764. The smallest absolute Gasteiger partial charge is 0.202 e. The minimum absolute atomic E-state index is 0.0764. The normalized spacial score (nSPS) is 11.1. The number of aryl methyl sites for hydroxylation is 1. The number of Topliss-reactive ketones (excluding diaryl/α,β-unsaturated/α-hetero) is 1. The number of benzene rings is 1. The van der Waals surface area contributed by atoms with Crippen LogP contribution >= 0.6 is 11.3 Å². The van der Waals surface area contributed by atoms with E-state index in [1.807, 2.05) is 16.8 Å². The third-order valence-electron chi connectivity index (χ3n) is 3.10. The second-order valence-electron chi connectivity index (χ2n) is 4.43. The van der Waals surface area contributed by atoms with Crippen LogP contribution in [0.1, 0.15) is 21.7 Å². The highest BCUT2D eigenvalue weighted by Gasteiger charge is 2.18. The highest BCUT2D eigenvalue weighted by molar-refractivity contribution is 7.08. The summed E-state index contributed by atoms with van der Waals surface area (Å²) in [5.41, 5.74) is 2.23. The standard InChI is InChI=1S/C15H11FO2S/c1-9-12-7-11(16)2-3-14(12)18-15(9)13(17)6-10-4-5-19-8-10/h2-5,7-8H,6H2,1H3. The Morgan fingerprint density at radius 2 is 2.21 bits per heavy atom. The zero-order chi connectivity index (χ0) is 13.4. The van der Waals surface area contributed by atoms with E-state index in [1.54, 1.807) is 24.3 Å². The summed E-state index contributed by atoms with van der Waals surface area (Å²) in [4.78, 5) is 12.2. The van der Waals surface area contributed by atoms with Gasteiger partial charge in [0.25, 0.3) is 0 Å². The Hall–Kier alpha value is -1.94. The average Bonchev–Trinajstić information content (AvgIpc) is 2.98. The zero-order valence-corrected chi connectivity index (χ0v) is 11.1. The number of rotatable bonds is 3. The molecule has 3 aromatic rings. The van der Waals surface area contributed by atoms with Crippen molar-refractivity contribution in [1.29, 1.82) is 0 Å². The Kier molecular flexibility index (Phi) is 2.95. The van der Waals surface area contributed by atoms with E-state index in [2.05, 4.69) is 0 Å². The van der Waals surface area contributed by atoms with E-state index >= 15 is 0 Å². The SMILES string of the molecule is Cc1c(C(=O)Cc2ccsc2)oc2ccc(F)cc12. The second kappa shape index (κ2) is 4.63. The fraction of sp³-hybridized carbons (Fsp3) is 0.133. The third-order valence-corrected chi connectivity index (χ3v) is 3.83. The van der Waals surface area contributed by atoms with Crippen molar-refractivity contribution in [3.8, 4) is 0 Å². The molecule has 2 aromatic heterocycles. The van der Waals surface area contributed by atoms with Gasteiger partial charge in [0.15, 0.2) is 5.76 Å². The molecule has 0 fully saturated rings. The molecule has 0 spiro atoms. The first-order chi connectivity index (χ1) is 9.15. The molecule has 2 nitrogen and oxygen atoms in total. The van der Waals surface area contributed by atoms with Gasteiger partial charge in [0, 0.05) is 17.4 Å². The summed E-state index contributed by atoms with van der Waals surface area (Å²) in [5, 5.41) is 4.53. The van der Waals surface area contributed by atoms with Crippen LogP contribution in [0.3, 0.4) is 0 Å². The molecule has 1 aromatic carbocycles. The van der Waals surface area contributed by atoms with Gasteiger partial charge < -0.3 is 4.42 Å². The number of halogens is 1. The van der Waals surface area contributed by atoms with E-state index in [0.717, 1.165) is 5.56 Å². The molecule has 0 bridgehead atoms. The van der Waals surface area contributed by atoms with Gasteiger partial charge in [-0.25, -0.2) is 4.39 Å². The van der Waals surface area contributed by atoms with E-state index in [1.165, 1.54) is 12.1 Å². The van der Waals surface area contributed by atoms with Gasteiger partial charge in [0.05, 0.1) is 0 Å². The second-order valence-corrected chi connectivity index (χ2v) is 5.21. The number of furan rings is 1. The molecule has 0 aliphatic rings. The van der Waals surface area contributed by atoms with Crippen LogP contribution in [0.4, 0.5) is 4.39 Å². The maximum absolute atomic E-state index is 13.2. The van der Waals surface area contributed by atoms with Crippen molar-refractivity contribution in [2.45, 2.75) is 13.3 Å². The van der Waals surface area contributed by atoms with Crippen molar-refractivity contribution in [3.05, 3.63) is 57.7 Å². The largest absolute Gasteiger partial charge is 0.453 e. The van der Waals surface area contributed by atoms with Gasteiger partial charge in [-0.2, -0.15) is 11.3 Å². The number of carbonyl (C=O) groups is 1. The van der Waals surface area contributed by atoms with Crippen molar-refractivity contribution >= 4 is 28.1 Å². The van der Waals surface area contributed by atoms with E-state index in [9.17, 15) is 9.18 Å². The minimum atomic E-state index is -0.326. The van der Waals surface area contributed by atoms with Crippen LogP contribution in [0.2, 0.25) is 0 Å². The number of fused-ring (bicyclic) bond motifs is 1. The van der Waals surface area contributed by atoms with Crippen LogP contribution < -0.4 is 0 Å². The Balaban J connectivity index is 2.00. The molecule has 0 radical (unpaired) electrons. The maximum atomic E-state index is 13.2. The molecular weight excluding hydrogens is 263 g/mol. The predicted octanol–water partition coefficient (Wildman–Crippen LogP) is 4.37. The molecule has 0 atom stereocenters. The molecule has 4 heteroatoms. The van der Waals surface area contributed by atoms with E-state index in [0.29, 0.717) is 28.7 Å². The van der Waals surface area contributed by atoms with Gasteiger partial charge in [-0.15, -0.1) is 0 Å². The van der Waals surface area contributed by atoms with Gasteiger partial charge >= 0.3 is 0 Å². The summed E-state index contributed by atoms with van der Waals surface area (Å²) in [6.45, 7) is 1.78. The van der Waals surface area contributed by atoms with Gasteiger partial charge in [-0.1, -0.05) is 0 Å². The van der Waals surface area contributed by atoms with Gasteiger partial charge in [-0.05, 0) is 47.5 Å². The average molecular weight is 274 g/mol. The van der Waals surface area contributed by atoms with Crippen molar-refractivity contribution in [1.82, 2.24) is 0 Å². The van der Waals surface area contributed by atoms with Crippen LogP contribution in [0, 0.1) is 12.7 Å². The van der Waals surface area contributed by atoms with Gasteiger partial charge in [-0.3, -0.25) is 4.79 Å². The van der Waals surface area contributed by atoms with Gasteiger partial charge in [0.1, 0.15) is 11.4 Å². The Labute approximate surface area is 113 Å².